The van der Waals surface area contributed by atoms with Gasteiger partial charge in [0.25, 0.3) is 5.91 Å². The molecule has 0 unspecified atom stereocenters. The molecule has 0 aliphatic heterocycles. The first-order chi connectivity index (χ1) is 9.10. The fourth-order valence-electron chi connectivity index (χ4n) is 1.49. The normalized spacial score (nSPS) is 10.3. The monoisotopic (exact) mass is 315 g/mol. The molecule has 2 N–H and O–H groups in total. The first-order valence-electron chi connectivity index (χ1n) is 5.46. The Balaban J connectivity index is 2.12. The maximum absolute atomic E-state index is 11.5. The van der Waals surface area contributed by atoms with E-state index in [9.17, 15) is 4.79 Å². The van der Waals surface area contributed by atoms with E-state index >= 15 is 0 Å². The molecule has 0 saturated heterocycles. The van der Waals surface area contributed by atoms with Crippen LogP contribution in [0.25, 0.3) is 0 Å². The largest absolute Gasteiger partial charge is 0.377 e. The van der Waals surface area contributed by atoms with E-state index in [0.717, 1.165) is 5.01 Å². The van der Waals surface area contributed by atoms with Crippen molar-refractivity contribution in [1.29, 1.82) is 0 Å². The predicted octanol–water partition coefficient (Wildman–Crippen LogP) is 3.42. The highest BCUT2D eigenvalue weighted by Gasteiger charge is 2.08. The second kappa shape index (κ2) is 6.23. The minimum atomic E-state index is -0.156. The topological polar surface area (TPSA) is 54.0 Å². The van der Waals surface area contributed by atoms with Gasteiger partial charge in [0.2, 0.25) is 0 Å². The maximum atomic E-state index is 11.5. The number of thiazole rings is 1. The molecule has 0 aliphatic rings. The van der Waals surface area contributed by atoms with Gasteiger partial charge in [0.1, 0.15) is 9.34 Å². The molecule has 2 rings (SSSR count). The molecule has 100 valence electrons. The summed E-state index contributed by atoms with van der Waals surface area (Å²) >= 11 is 13.3. The molecule has 0 aliphatic carbocycles. The number of rotatable bonds is 4. The van der Waals surface area contributed by atoms with Crippen LogP contribution in [0.4, 0.5) is 5.69 Å². The number of anilines is 1. The van der Waals surface area contributed by atoms with Gasteiger partial charge in [-0.25, -0.2) is 4.98 Å². The Morgan fingerprint density at radius 2 is 2.21 bits per heavy atom. The first-order valence-corrected chi connectivity index (χ1v) is 7.03. The SMILES string of the molecule is CNC(=O)c1ccc(Cl)c(NCc2ncc(Cl)s2)c1. The molecule has 1 aromatic carbocycles. The number of halogens is 2. The predicted molar refractivity (Wildman–Crippen MR) is 79.3 cm³/mol. The van der Waals surface area contributed by atoms with Crippen molar-refractivity contribution in [3.05, 3.63) is 44.3 Å². The second-order valence-corrected chi connectivity index (χ2v) is 5.84. The van der Waals surface area contributed by atoms with Crippen molar-refractivity contribution in [1.82, 2.24) is 10.3 Å². The summed E-state index contributed by atoms with van der Waals surface area (Å²) in [5.41, 5.74) is 1.24. The van der Waals surface area contributed by atoms with Gasteiger partial charge in [0.15, 0.2) is 0 Å². The molecular formula is C12H11Cl2N3OS. The van der Waals surface area contributed by atoms with Crippen LogP contribution in [0, 0.1) is 0 Å². The molecule has 1 aromatic heterocycles. The van der Waals surface area contributed by atoms with E-state index in [0.29, 0.717) is 27.2 Å². The number of hydrogen-bond donors (Lipinski definition) is 2. The van der Waals surface area contributed by atoms with Crippen molar-refractivity contribution in [2.75, 3.05) is 12.4 Å². The number of carbonyl (C=O) groups excluding carboxylic acids is 1. The minimum absolute atomic E-state index is 0.156. The van der Waals surface area contributed by atoms with E-state index in [-0.39, 0.29) is 5.91 Å². The zero-order valence-electron chi connectivity index (χ0n) is 10.0. The summed E-state index contributed by atoms with van der Waals surface area (Å²) in [6, 6.07) is 5.06. The lowest BCUT2D eigenvalue weighted by Crippen LogP contribution is -2.17. The second-order valence-electron chi connectivity index (χ2n) is 3.69. The third-order valence-electron chi connectivity index (χ3n) is 2.41. The lowest BCUT2D eigenvalue weighted by Gasteiger charge is -2.08. The van der Waals surface area contributed by atoms with Gasteiger partial charge in [-0.3, -0.25) is 4.79 Å². The Labute approximate surface area is 124 Å². The Kier molecular flexibility index (Phi) is 4.63. The zero-order chi connectivity index (χ0) is 13.8. The molecule has 0 radical (unpaired) electrons. The molecule has 0 spiro atoms. The smallest absolute Gasteiger partial charge is 0.251 e. The summed E-state index contributed by atoms with van der Waals surface area (Å²) in [6.07, 6.45) is 1.60. The molecule has 1 amide bonds. The van der Waals surface area contributed by atoms with Crippen LogP contribution in [-0.4, -0.2) is 17.9 Å². The van der Waals surface area contributed by atoms with Crippen LogP contribution in [0.1, 0.15) is 15.4 Å². The Morgan fingerprint density at radius 3 is 2.84 bits per heavy atom. The molecule has 0 atom stereocenters. The number of nitrogens with zero attached hydrogens (tertiary/aromatic N) is 1. The molecule has 4 nitrogen and oxygen atoms in total. The standard InChI is InChI=1S/C12H11Cl2N3OS/c1-15-12(18)7-2-3-8(13)9(4-7)16-6-11-17-5-10(14)19-11/h2-5,16H,6H2,1H3,(H,15,18). The van der Waals surface area contributed by atoms with Gasteiger partial charge >= 0.3 is 0 Å². The Hall–Kier alpha value is -1.30. The summed E-state index contributed by atoms with van der Waals surface area (Å²) in [5.74, 6) is -0.156. The fraction of sp³-hybridized carbons (Fsp3) is 0.167. The van der Waals surface area contributed by atoms with Crippen LogP contribution in [0.15, 0.2) is 24.4 Å². The van der Waals surface area contributed by atoms with Crippen LogP contribution >= 0.6 is 34.5 Å². The zero-order valence-corrected chi connectivity index (χ0v) is 12.4. The molecule has 0 saturated carbocycles. The van der Waals surface area contributed by atoms with Gasteiger partial charge in [0.05, 0.1) is 23.5 Å². The lowest BCUT2D eigenvalue weighted by molar-refractivity contribution is 0.0963. The van der Waals surface area contributed by atoms with Crippen molar-refractivity contribution in [2.24, 2.45) is 0 Å². The lowest BCUT2D eigenvalue weighted by atomic mass is 10.2. The number of carbonyl (C=O) groups is 1. The highest BCUT2D eigenvalue weighted by atomic mass is 35.5. The fourth-order valence-corrected chi connectivity index (χ4v) is 2.57. The van der Waals surface area contributed by atoms with E-state index in [1.807, 2.05) is 0 Å². The van der Waals surface area contributed by atoms with Crippen molar-refractivity contribution in [3.63, 3.8) is 0 Å². The molecule has 7 heteroatoms. The highest BCUT2D eigenvalue weighted by Crippen LogP contribution is 2.25. The number of amides is 1. The van der Waals surface area contributed by atoms with Crippen LogP contribution < -0.4 is 10.6 Å². The Morgan fingerprint density at radius 1 is 1.42 bits per heavy atom. The van der Waals surface area contributed by atoms with Crippen molar-refractivity contribution in [3.8, 4) is 0 Å². The highest BCUT2D eigenvalue weighted by molar-refractivity contribution is 7.15. The molecule has 19 heavy (non-hydrogen) atoms. The maximum Gasteiger partial charge on any atom is 0.251 e. The van der Waals surface area contributed by atoms with Crippen molar-refractivity contribution >= 4 is 46.1 Å². The van der Waals surface area contributed by atoms with Crippen LogP contribution in [0.5, 0.6) is 0 Å². The van der Waals surface area contributed by atoms with Crippen molar-refractivity contribution in [2.45, 2.75) is 6.54 Å². The third kappa shape index (κ3) is 3.59. The summed E-state index contributed by atoms with van der Waals surface area (Å²) < 4.78 is 0.641. The summed E-state index contributed by atoms with van der Waals surface area (Å²) in [6.45, 7) is 0.508. The number of nitrogens with one attached hydrogen (secondary N) is 2. The average molecular weight is 316 g/mol. The van der Waals surface area contributed by atoms with E-state index in [2.05, 4.69) is 15.6 Å². The summed E-state index contributed by atoms with van der Waals surface area (Å²) in [7, 11) is 1.58. The average Bonchev–Trinajstić information content (AvgIpc) is 2.82. The van der Waals surface area contributed by atoms with E-state index in [1.54, 1.807) is 31.4 Å². The number of aromatic nitrogens is 1. The van der Waals surface area contributed by atoms with Crippen molar-refractivity contribution < 1.29 is 4.79 Å². The summed E-state index contributed by atoms with van der Waals surface area (Å²) in [4.78, 5) is 15.7. The van der Waals surface area contributed by atoms with Gasteiger partial charge < -0.3 is 10.6 Å². The minimum Gasteiger partial charge on any atom is -0.377 e. The molecular weight excluding hydrogens is 305 g/mol. The quantitative estimate of drug-likeness (QED) is 0.909. The third-order valence-corrected chi connectivity index (χ3v) is 3.86. The Bertz CT molecular complexity index is 600. The molecule has 0 fully saturated rings. The van der Waals surface area contributed by atoms with Gasteiger partial charge in [-0.15, -0.1) is 11.3 Å². The van der Waals surface area contributed by atoms with E-state index in [4.69, 9.17) is 23.2 Å². The number of hydrogen-bond acceptors (Lipinski definition) is 4. The van der Waals surface area contributed by atoms with Gasteiger partial charge in [-0.1, -0.05) is 23.2 Å². The molecule has 2 aromatic rings. The van der Waals surface area contributed by atoms with Gasteiger partial charge in [-0.2, -0.15) is 0 Å². The molecule has 1 heterocycles. The van der Waals surface area contributed by atoms with Gasteiger partial charge in [0, 0.05) is 12.6 Å². The van der Waals surface area contributed by atoms with Crippen LogP contribution in [0.3, 0.4) is 0 Å². The molecule has 0 bridgehead atoms. The number of benzene rings is 1. The van der Waals surface area contributed by atoms with E-state index < -0.39 is 0 Å². The van der Waals surface area contributed by atoms with Gasteiger partial charge in [-0.05, 0) is 18.2 Å². The van der Waals surface area contributed by atoms with Crippen LogP contribution in [0.2, 0.25) is 9.36 Å². The van der Waals surface area contributed by atoms with Crippen LogP contribution in [-0.2, 0) is 6.54 Å². The first kappa shape index (κ1) is 14.1. The summed E-state index contributed by atoms with van der Waals surface area (Å²) in [5, 5.41) is 7.11. The van der Waals surface area contributed by atoms with E-state index in [1.165, 1.54) is 11.3 Å².